The van der Waals surface area contributed by atoms with E-state index in [2.05, 4.69) is 5.32 Å². The van der Waals surface area contributed by atoms with Crippen LogP contribution in [0.5, 0.6) is 0 Å². The van der Waals surface area contributed by atoms with Crippen molar-refractivity contribution in [2.24, 2.45) is 0 Å². The fourth-order valence-electron chi connectivity index (χ4n) is 3.39. The average molecular weight is 394 g/mol. The molecule has 0 aliphatic carbocycles. The first-order valence-corrected chi connectivity index (χ1v) is 8.68. The number of hydrogen-bond donors (Lipinski definition) is 2. The number of carboxylic acid groups (broad SMARTS) is 1. The number of nitro benzene ring substituents is 1. The topological polar surface area (TPSA) is 119 Å². The summed E-state index contributed by atoms with van der Waals surface area (Å²) in [5.41, 5.74) is 1.83. The number of aliphatic carboxylic acids is 1. The molecule has 2 aromatic rings. The Kier molecular flexibility index (Phi) is 5.45. The number of benzene rings is 2. The van der Waals surface area contributed by atoms with E-state index in [4.69, 9.17) is 4.74 Å². The highest BCUT2D eigenvalue weighted by Gasteiger charge is 2.38. The number of nitro groups is 1. The van der Waals surface area contributed by atoms with Crippen molar-refractivity contribution in [3.63, 3.8) is 0 Å². The monoisotopic (exact) mass is 394 g/mol. The Morgan fingerprint density at radius 1 is 1.07 bits per heavy atom. The van der Waals surface area contributed by atoms with Crippen LogP contribution in [0.15, 0.2) is 71.4 Å². The Hall–Kier alpha value is -3.94. The van der Waals surface area contributed by atoms with Gasteiger partial charge in [-0.05, 0) is 18.1 Å². The van der Waals surface area contributed by atoms with Gasteiger partial charge in [0.25, 0.3) is 5.69 Å². The maximum absolute atomic E-state index is 12.5. The van der Waals surface area contributed by atoms with Crippen LogP contribution in [0.4, 0.5) is 5.69 Å². The molecule has 0 saturated carbocycles. The Bertz CT molecular complexity index is 1040. The minimum atomic E-state index is -1.21. The summed E-state index contributed by atoms with van der Waals surface area (Å²) in [7, 11) is 1.21. The van der Waals surface area contributed by atoms with E-state index in [1.54, 1.807) is 31.2 Å². The second kappa shape index (κ2) is 7.97. The maximum atomic E-state index is 12.5. The fourth-order valence-corrected chi connectivity index (χ4v) is 3.39. The summed E-state index contributed by atoms with van der Waals surface area (Å²) in [5.74, 6) is -2.85. The van der Waals surface area contributed by atoms with E-state index in [-0.39, 0.29) is 16.8 Å². The SMILES string of the molecule is COC(=O)C1=C(C)NC(c2ccccc2)=C(C(=O)O)C1c1ccc([N+](=O)[O-])cc1. The summed E-state index contributed by atoms with van der Waals surface area (Å²) in [6, 6.07) is 14.4. The smallest absolute Gasteiger partial charge is 0.336 e. The van der Waals surface area contributed by atoms with E-state index in [1.807, 2.05) is 6.07 Å². The lowest BCUT2D eigenvalue weighted by Gasteiger charge is -2.30. The Morgan fingerprint density at radius 2 is 1.69 bits per heavy atom. The molecule has 0 spiro atoms. The number of nitrogens with one attached hydrogen (secondary N) is 1. The van der Waals surface area contributed by atoms with E-state index in [0.29, 0.717) is 22.5 Å². The van der Waals surface area contributed by atoms with Gasteiger partial charge in [-0.3, -0.25) is 10.1 Å². The number of nitrogens with zero attached hydrogens (tertiary/aromatic N) is 1. The third kappa shape index (κ3) is 3.73. The molecule has 0 aromatic heterocycles. The molecule has 0 amide bonds. The molecule has 8 nitrogen and oxygen atoms in total. The average Bonchev–Trinajstić information content (AvgIpc) is 2.72. The number of allylic oxidation sites excluding steroid dienone is 1. The van der Waals surface area contributed by atoms with Gasteiger partial charge in [-0.15, -0.1) is 0 Å². The summed E-state index contributed by atoms with van der Waals surface area (Å²) in [4.78, 5) is 35.2. The van der Waals surface area contributed by atoms with Crippen LogP contribution in [0.1, 0.15) is 24.0 Å². The molecule has 1 heterocycles. The molecule has 8 heteroatoms. The highest BCUT2D eigenvalue weighted by atomic mass is 16.6. The van der Waals surface area contributed by atoms with Crippen molar-refractivity contribution in [2.75, 3.05) is 7.11 Å². The van der Waals surface area contributed by atoms with Gasteiger partial charge in [0.05, 0.1) is 34.8 Å². The van der Waals surface area contributed by atoms with Crippen molar-refractivity contribution in [1.29, 1.82) is 0 Å². The van der Waals surface area contributed by atoms with E-state index in [9.17, 15) is 24.8 Å². The summed E-state index contributed by atoms with van der Waals surface area (Å²) >= 11 is 0. The van der Waals surface area contributed by atoms with Gasteiger partial charge in [0.2, 0.25) is 0 Å². The number of esters is 1. The van der Waals surface area contributed by atoms with Crippen molar-refractivity contribution in [2.45, 2.75) is 12.8 Å². The van der Waals surface area contributed by atoms with Crippen molar-refractivity contribution >= 4 is 23.3 Å². The quantitative estimate of drug-likeness (QED) is 0.454. The van der Waals surface area contributed by atoms with Gasteiger partial charge in [-0.1, -0.05) is 42.5 Å². The number of rotatable bonds is 5. The first kappa shape index (κ1) is 19.8. The standard InChI is InChI=1S/C21H18N2O6/c1-12-16(21(26)29-2)17(13-8-10-15(11-9-13)23(27)28)18(20(24)25)19(22-12)14-6-4-3-5-7-14/h3-11,17,22H,1-2H3,(H,24,25). The van der Waals surface area contributed by atoms with Crippen LogP contribution in [0.3, 0.4) is 0 Å². The molecule has 2 N–H and O–H groups in total. The minimum Gasteiger partial charge on any atom is -0.478 e. The molecule has 1 aliphatic rings. The summed E-state index contributed by atoms with van der Waals surface area (Å²) in [5, 5.41) is 24.0. The number of non-ortho nitro benzene ring substituents is 1. The lowest BCUT2D eigenvalue weighted by Crippen LogP contribution is -2.31. The summed E-state index contributed by atoms with van der Waals surface area (Å²) in [6.07, 6.45) is 0. The van der Waals surface area contributed by atoms with Crippen molar-refractivity contribution in [3.8, 4) is 0 Å². The molecular formula is C21H18N2O6. The van der Waals surface area contributed by atoms with E-state index in [1.165, 1.54) is 31.4 Å². The molecule has 3 rings (SSSR count). The van der Waals surface area contributed by atoms with Crippen LogP contribution in [-0.4, -0.2) is 29.1 Å². The van der Waals surface area contributed by atoms with Crippen molar-refractivity contribution in [1.82, 2.24) is 5.32 Å². The Morgan fingerprint density at radius 3 is 2.21 bits per heavy atom. The molecular weight excluding hydrogens is 376 g/mol. The Labute approximate surface area is 166 Å². The molecule has 2 aromatic carbocycles. The third-order valence-electron chi connectivity index (χ3n) is 4.70. The normalized spacial score (nSPS) is 16.3. The fraction of sp³-hybridized carbons (Fsp3) is 0.143. The summed E-state index contributed by atoms with van der Waals surface area (Å²) in [6.45, 7) is 1.66. The molecule has 1 aliphatic heterocycles. The molecule has 29 heavy (non-hydrogen) atoms. The molecule has 1 atom stereocenters. The second-order valence-corrected chi connectivity index (χ2v) is 6.40. The highest BCUT2D eigenvalue weighted by molar-refractivity contribution is 6.04. The zero-order chi connectivity index (χ0) is 21.1. The van der Waals surface area contributed by atoms with Crippen LogP contribution in [0.25, 0.3) is 5.70 Å². The maximum Gasteiger partial charge on any atom is 0.336 e. The molecule has 0 bridgehead atoms. The van der Waals surface area contributed by atoms with Gasteiger partial charge in [-0.25, -0.2) is 9.59 Å². The Balaban J connectivity index is 2.27. The van der Waals surface area contributed by atoms with Gasteiger partial charge < -0.3 is 15.2 Å². The van der Waals surface area contributed by atoms with Gasteiger partial charge in [0.1, 0.15) is 0 Å². The number of carbonyl (C=O) groups excluding carboxylic acids is 1. The van der Waals surface area contributed by atoms with E-state index in [0.717, 1.165) is 0 Å². The predicted molar refractivity (Wildman–Crippen MR) is 105 cm³/mol. The summed E-state index contributed by atoms with van der Waals surface area (Å²) < 4.78 is 4.88. The molecule has 148 valence electrons. The predicted octanol–water partition coefficient (Wildman–Crippen LogP) is 3.22. The number of hydrogen-bond acceptors (Lipinski definition) is 6. The van der Waals surface area contributed by atoms with Crippen molar-refractivity contribution < 1.29 is 24.4 Å². The molecule has 0 fully saturated rings. The largest absolute Gasteiger partial charge is 0.478 e. The van der Waals surface area contributed by atoms with Gasteiger partial charge in [-0.2, -0.15) is 0 Å². The van der Waals surface area contributed by atoms with Crippen molar-refractivity contribution in [3.05, 3.63) is 92.7 Å². The van der Waals surface area contributed by atoms with Gasteiger partial charge in [0.15, 0.2) is 0 Å². The highest BCUT2D eigenvalue weighted by Crippen LogP contribution is 2.41. The van der Waals surface area contributed by atoms with E-state index < -0.39 is 22.8 Å². The third-order valence-corrected chi connectivity index (χ3v) is 4.70. The number of ether oxygens (including phenoxy) is 1. The van der Waals surface area contributed by atoms with Gasteiger partial charge in [0, 0.05) is 17.8 Å². The number of methoxy groups -OCH3 is 1. The first-order chi connectivity index (χ1) is 13.8. The zero-order valence-electron chi connectivity index (χ0n) is 15.7. The van der Waals surface area contributed by atoms with Crippen LogP contribution < -0.4 is 5.32 Å². The molecule has 0 radical (unpaired) electrons. The number of carbonyl (C=O) groups is 2. The lowest BCUT2D eigenvalue weighted by molar-refractivity contribution is -0.384. The lowest BCUT2D eigenvalue weighted by atomic mass is 9.79. The molecule has 1 unspecified atom stereocenters. The second-order valence-electron chi connectivity index (χ2n) is 6.40. The number of carboxylic acids is 1. The van der Waals surface area contributed by atoms with Crippen LogP contribution in [0.2, 0.25) is 0 Å². The van der Waals surface area contributed by atoms with Crippen LogP contribution in [-0.2, 0) is 14.3 Å². The molecule has 0 saturated heterocycles. The first-order valence-electron chi connectivity index (χ1n) is 8.68. The van der Waals surface area contributed by atoms with Crippen LogP contribution in [0, 0.1) is 10.1 Å². The van der Waals surface area contributed by atoms with Gasteiger partial charge >= 0.3 is 11.9 Å². The van der Waals surface area contributed by atoms with E-state index >= 15 is 0 Å². The van der Waals surface area contributed by atoms with Crippen LogP contribution >= 0.6 is 0 Å². The number of dihydropyridines is 1. The zero-order valence-corrected chi connectivity index (χ0v) is 15.7. The minimum absolute atomic E-state index is 0.0453.